The Bertz CT molecular complexity index is 650. The van der Waals surface area contributed by atoms with Gasteiger partial charge in [-0.25, -0.2) is 4.68 Å². The van der Waals surface area contributed by atoms with Crippen LogP contribution in [0.4, 0.5) is 19.1 Å². The third-order valence-corrected chi connectivity index (χ3v) is 2.99. The molecule has 0 aliphatic carbocycles. The fourth-order valence-corrected chi connectivity index (χ4v) is 2.12. The van der Waals surface area contributed by atoms with Gasteiger partial charge >= 0.3 is 6.18 Å². The summed E-state index contributed by atoms with van der Waals surface area (Å²) >= 11 is 0. The minimum Gasteiger partial charge on any atom is -0.295 e. The van der Waals surface area contributed by atoms with Gasteiger partial charge in [0.05, 0.1) is 12.5 Å². The van der Waals surface area contributed by atoms with Crippen LogP contribution in [0.1, 0.15) is 23.9 Å². The van der Waals surface area contributed by atoms with Crippen molar-refractivity contribution in [1.29, 1.82) is 0 Å². The molecule has 0 fully saturated rings. The monoisotopic (exact) mass is 282 g/mol. The van der Waals surface area contributed by atoms with Gasteiger partial charge in [0.15, 0.2) is 0 Å². The minimum atomic E-state index is -4.64. The zero-order valence-electron chi connectivity index (χ0n) is 10.1. The second-order valence-corrected chi connectivity index (χ2v) is 4.38. The van der Waals surface area contributed by atoms with Crippen molar-refractivity contribution in [2.45, 2.75) is 18.6 Å². The second-order valence-electron chi connectivity index (χ2n) is 4.38. The van der Waals surface area contributed by atoms with Gasteiger partial charge < -0.3 is 0 Å². The van der Waals surface area contributed by atoms with Crippen molar-refractivity contribution in [3.8, 4) is 0 Å². The van der Waals surface area contributed by atoms with E-state index in [0.29, 0.717) is 5.56 Å². The second kappa shape index (κ2) is 4.32. The highest BCUT2D eigenvalue weighted by atomic mass is 19.4. The molecule has 1 aromatic carbocycles. The average molecular weight is 282 g/mol. The molecule has 2 aromatic rings. The van der Waals surface area contributed by atoms with Crippen LogP contribution in [0.3, 0.4) is 0 Å². The van der Waals surface area contributed by atoms with Crippen LogP contribution in [-0.4, -0.2) is 20.7 Å². The van der Waals surface area contributed by atoms with Crippen LogP contribution >= 0.6 is 0 Å². The van der Waals surface area contributed by atoms with Crippen LogP contribution in [0.2, 0.25) is 0 Å². The van der Waals surface area contributed by atoms with Crippen LogP contribution in [0, 0.1) is 0 Å². The number of rotatable bonds is 1. The molecule has 20 heavy (non-hydrogen) atoms. The summed E-state index contributed by atoms with van der Waals surface area (Å²) in [5.74, 6) is -1.81. The van der Waals surface area contributed by atoms with Gasteiger partial charge in [-0.15, -0.1) is 5.10 Å². The summed E-state index contributed by atoms with van der Waals surface area (Å²) in [4.78, 5) is 14.9. The zero-order chi connectivity index (χ0) is 14.3. The molecule has 104 valence electrons. The molecule has 1 aliphatic rings. The maximum absolute atomic E-state index is 12.6. The molecule has 3 rings (SSSR count). The Balaban J connectivity index is 2.08. The number of alkyl halides is 3. The fraction of sp³-hybridized carbons (Fsp3) is 0.250. The maximum atomic E-state index is 12.6. The molecule has 1 aliphatic heterocycles. The van der Waals surface area contributed by atoms with Gasteiger partial charge in [0, 0.05) is 0 Å². The molecule has 1 N–H and O–H groups in total. The number of aromatic nitrogens is 3. The Labute approximate surface area is 111 Å². The van der Waals surface area contributed by atoms with Crippen molar-refractivity contribution in [2.75, 3.05) is 5.32 Å². The van der Waals surface area contributed by atoms with E-state index in [4.69, 9.17) is 0 Å². The SMILES string of the molecule is O=C1C[C@H](c2ccccc2)n2nc(C(F)(F)F)nc2N1. The first-order chi connectivity index (χ1) is 9.45. The number of fused-ring (bicyclic) bond motifs is 1. The Morgan fingerprint density at radius 1 is 1.25 bits per heavy atom. The van der Waals surface area contributed by atoms with Crippen molar-refractivity contribution in [3.63, 3.8) is 0 Å². The lowest BCUT2D eigenvalue weighted by Crippen LogP contribution is -2.29. The average Bonchev–Trinajstić information content (AvgIpc) is 2.82. The molecule has 8 heteroatoms. The largest absolute Gasteiger partial charge is 0.453 e. The van der Waals surface area contributed by atoms with Crippen LogP contribution in [0.25, 0.3) is 0 Å². The number of nitrogens with one attached hydrogen (secondary N) is 1. The van der Waals surface area contributed by atoms with Crippen LogP contribution < -0.4 is 5.32 Å². The molecule has 1 aromatic heterocycles. The molecular formula is C12H9F3N4O. The van der Waals surface area contributed by atoms with Gasteiger partial charge in [-0.3, -0.25) is 10.1 Å². The van der Waals surface area contributed by atoms with Crippen LogP contribution in [-0.2, 0) is 11.0 Å². The van der Waals surface area contributed by atoms with E-state index in [1.807, 2.05) is 0 Å². The lowest BCUT2D eigenvalue weighted by molar-refractivity contribution is -0.145. The maximum Gasteiger partial charge on any atom is 0.453 e. The Hall–Kier alpha value is -2.38. The first-order valence-electron chi connectivity index (χ1n) is 5.83. The van der Waals surface area contributed by atoms with Crippen molar-refractivity contribution >= 4 is 11.9 Å². The summed E-state index contributed by atoms with van der Waals surface area (Å²) in [5, 5.41) is 5.78. The summed E-state index contributed by atoms with van der Waals surface area (Å²) in [7, 11) is 0. The van der Waals surface area contributed by atoms with Crippen molar-refractivity contribution in [2.24, 2.45) is 0 Å². The van der Waals surface area contributed by atoms with E-state index in [1.165, 1.54) is 0 Å². The third-order valence-electron chi connectivity index (χ3n) is 2.99. The van der Waals surface area contributed by atoms with E-state index in [2.05, 4.69) is 15.4 Å². The first kappa shape index (κ1) is 12.6. The molecule has 1 atom stereocenters. The van der Waals surface area contributed by atoms with Crippen LogP contribution in [0.15, 0.2) is 30.3 Å². The third kappa shape index (κ3) is 2.13. The normalized spacial score (nSPS) is 18.6. The quantitative estimate of drug-likeness (QED) is 0.872. The van der Waals surface area contributed by atoms with E-state index in [0.717, 1.165) is 4.68 Å². The molecule has 0 bridgehead atoms. The van der Waals surface area contributed by atoms with E-state index >= 15 is 0 Å². The topological polar surface area (TPSA) is 59.8 Å². The van der Waals surface area contributed by atoms with Crippen molar-refractivity contribution in [3.05, 3.63) is 41.7 Å². The van der Waals surface area contributed by atoms with E-state index < -0.39 is 18.0 Å². The summed E-state index contributed by atoms with van der Waals surface area (Å²) in [6.45, 7) is 0. The molecule has 0 spiro atoms. The Morgan fingerprint density at radius 2 is 1.95 bits per heavy atom. The summed E-state index contributed by atoms with van der Waals surface area (Å²) < 4.78 is 39.1. The zero-order valence-corrected chi connectivity index (χ0v) is 10.1. The number of anilines is 1. The fourth-order valence-electron chi connectivity index (χ4n) is 2.12. The minimum absolute atomic E-state index is 0.0255. The standard InChI is InChI=1S/C12H9F3N4O/c13-12(14,15)10-17-11-16-9(20)6-8(19(11)18-10)7-4-2-1-3-5-7/h1-5,8H,6H2,(H,16,17,18,20)/t8-/m1/s1. The molecule has 0 radical (unpaired) electrons. The van der Waals surface area contributed by atoms with E-state index in [9.17, 15) is 18.0 Å². The number of amides is 1. The van der Waals surface area contributed by atoms with Gasteiger partial charge in [0.2, 0.25) is 11.9 Å². The Kier molecular flexibility index (Phi) is 2.73. The number of nitrogens with zero attached hydrogens (tertiary/aromatic N) is 3. The Morgan fingerprint density at radius 3 is 2.60 bits per heavy atom. The highest BCUT2D eigenvalue weighted by Gasteiger charge is 2.39. The predicted octanol–water partition coefficient (Wildman–Crippen LogP) is 2.23. The lowest BCUT2D eigenvalue weighted by Gasteiger charge is -2.23. The van der Waals surface area contributed by atoms with E-state index in [1.54, 1.807) is 30.3 Å². The highest BCUT2D eigenvalue weighted by molar-refractivity contribution is 5.91. The number of carbonyl (C=O) groups is 1. The van der Waals surface area contributed by atoms with Gasteiger partial charge in [-0.05, 0) is 5.56 Å². The molecule has 5 nitrogen and oxygen atoms in total. The smallest absolute Gasteiger partial charge is 0.295 e. The molecule has 1 amide bonds. The lowest BCUT2D eigenvalue weighted by atomic mass is 10.0. The number of carbonyl (C=O) groups excluding carboxylic acids is 1. The van der Waals surface area contributed by atoms with Gasteiger partial charge in [0.1, 0.15) is 0 Å². The van der Waals surface area contributed by atoms with E-state index in [-0.39, 0.29) is 18.3 Å². The van der Waals surface area contributed by atoms with Gasteiger partial charge in [0.25, 0.3) is 5.82 Å². The first-order valence-corrected chi connectivity index (χ1v) is 5.83. The highest BCUT2D eigenvalue weighted by Crippen LogP contribution is 2.33. The van der Waals surface area contributed by atoms with Crippen molar-refractivity contribution in [1.82, 2.24) is 14.8 Å². The van der Waals surface area contributed by atoms with Gasteiger partial charge in [-0.2, -0.15) is 18.2 Å². The summed E-state index contributed by atoms with van der Waals surface area (Å²) in [5.41, 5.74) is 0.710. The number of hydrogen-bond donors (Lipinski definition) is 1. The van der Waals surface area contributed by atoms with Crippen LogP contribution in [0.5, 0.6) is 0 Å². The molecule has 2 heterocycles. The number of benzene rings is 1. The molecule has 0 saturated heterocycles. The van der Waals surface area contributed by atoms with Crippen molar-refractivity contribution < 1.29 is 18.0 Å². The van der Waals surface area contributed by atoms with Gasteiger partial charge in [-0.1, -0.05) is 30.3 Å². The predicted molar refractivity (Wildman–Crippen MR) is 62.9 cm³/mol. The number of hydrogen-bond acceptors (Lipinski definition) is 3. The molecule has 0 unspecified atom stereocenters. The summed E-state index contributed by atoms with van der Waals surface area (Å²) in [6.07, 6.45) is -4.62. The summed E-state index contributed by atoms with van der Waals surface area (Å²) in [6, 6.07) is 8.19. The molecule has 0 saturated carbocycles. The number of halogens is 3. The molecular weight excluding hydrogens is 273 g/mol.